The number of unbranched alkanes of at least 4 members (excludes halogenated alkanes) is 3. The highest BCUT2D eigenvalue weighted by atomic mass is 16.5. The van der Waals surface area contributed by atoms with Crippen LogP contribution in [0.2, 0.25) is 0 Å². The molecular weight excluding hydrogens is 254 g/mol. The van der Waals surface area contributed by atoms with Gasteiger partial charge in [-0.1, -0.05) is 40.0 Å². The van der Waals surface area contributed by atoms with Crippen molar-refractivity contribution >= 4 is 0 Å². The molecule has 0 bridgehead atoms. The first-order valence-corrected chi connectivity index (χ1v) is 8.06. The zero-order valence-electron chi connectivity index (χ0n) is 13.8. The van der Waals surface area contributed by atoms with Gasteiger partial charge in [0, 0.05) is 19.7 Å². The van der Waals surface area contributed by atoms with E-state index in [4.69, 9.17) is 4.74 Å². The zero-order valence-corrected chi connectivity index (χ0v) is 13.8. The summed E-state index contributed by atoms with van der Waals surface area (Å²) in [5.74, 6) is 0.461. The highest BCUT2D eigenvalue weighted by Crippen LogP contribution is 2.14. The lowest BCUT2D eigenvalue weighted by Crippen LogP contribution is -2.42. The third-order valence-corrected chi connectivity index (χ3v) is 3.19. The van der Waals surface area contributed by atoms with Crippen molar-refractivity contribution in [2.24, 2.45) is 5.92 Å². The molecule has 0 amide bonds. The molecule has 4 heteroatoms. The SMILES string of the molecule is CCCCCCOCC(O)CNCC(C)(O)CC(C)C. The van der Waals surface area contributed by atoms with Gasteiger partial charge in [-0.2, -0.15) is 0 Å². The molecule has 0 aliphatic carbocycles. The molecule has 3 N–H and O–H groups in total. The van der Waals surface area contributed by atoms with E-state index >= 15 is 0 Å². The molecule has 0 spiro atoms. The highest BCUT2D eigenvalue weighted by molar-refractivity contribution is 4.77. The molecule has 0 heterocycles. The molecule has 0 rings (SSSR count). The van der Waals surface area contributed by atoms with Crippen LogP contribution in [0.3, 0.4) is 0 Å². The average molecular weight is 289 g/mol. The highest BCUT2D eigenvalue weighted by Gasteiger charge is 2.21. The van der Waals surface area contributed by atoms with Crippen LogP contribution >= 0.6 is 0 Å². The molecule has 0 radical (unpaired) electrons. The second-order valence-corrected chi connectivity index (χ2v) is 6.52. The van der Waals surface area contributed by atoms with Crippen molar-refractivity contribution in [3.63, 3.8) is 0 Å². The Morgan fingerprint density at radius 2 is 1.90 bits per heavy atom. The van der Waals surface area contributed by atoms with Crippen LogP contribution in [0.4, 0.5) is 0 Å². The molecule has 122 valence electrons. The van der Waals surface area contributed by atoms with Crippen molar-refractivity contribution in [1.29, 1.82) is 0 Å². The molecular formula is C16H35NO3. The maximum Gasteiger partial charge on any atom is 0.0897 e. The standard InChI is InChI=1S/C16H35NO3/c1-5-6-7-8-9-20-12-15(18)11-17-13-16(4,19)10-14(2)3/h14-15,17-19H,5-13H2,1-4H3. The summed E-state index contributed by atoms with van der Waals surface area (Å²) in [6.45, 7) is 10.3. The number of aliphatic hydroxyl groups excluding tert-OH is 1. The minimum atomic E-state index is -0.713. The van der Waals surface area contributed by atoms with Gasteiger partial charge in [0.1, 0.15) is 0 Å². The molecule has 20 heavy (non-hydrogen) atoms. The Labute approximate surface area is 124 Å². The molecule has 0 fully saturated rings. The lowest BCUT2D eigenvalue weighted by atomic mass is 9.94. The molecule has 0 aliphatic heterocycles. The van der Waals surface area contributed by atoms with E-state index in [1.165, 1.54) is 19.3 Å². The van der Waals surface area contributed by atoms with Crippen LogP contribution in [0, 0.1) is 5.92 Å². The molecule has 0 saturated carbocycles. The predicted octanol–water partition coefficient (Wildman–Crippen LogP) is 2.33. The Bertz CT molecular complexity index is 220. The van der Waals surface area contributed by atoms with Gasteiger partial charge in [-0.05, 0) is 25.7 Å². The van der Waals surface area contributed by atoms with Crippen molar-refractivity contribution in [2.45, 2.75) is 71.5 Å². The maximum atomic E-state index is 10.1. The summed E-state index contributed by atoms with van der Waals surface area (Å²) in [5.41, 5.74) is -0.713. The van der Waals surface area contributed by atoms with Crippen LogP contribution in [-0.2, 0) is 4.74 Å². The Hall–Kier alpha value is -0.160. The Balaban J connectivity index is 3.51. The summed E-state index contributed by atoms with van der Waals surface area (Å²) in [6, 6.07) is 0. The second-order valence-electron chi connectivity index (χ2n) is 6.52. The van der Waals surface area contributed by atoms with Crippen LogP contribution in [-0.4, -0.2) is 48.2 Å². The fraction of sp³-hybridized carbons (Fsp3) is 1.00. The number of hydrogen-bond acceptors (Lipinski definition) is 4. The van der Waals surface area contributed by atoms with E-state index in [9.17, 15) is 10.2 Å². The molecule has 2 unspecified atom stereocenters. The van der Waals surface area contributed by atoms with Crippen molar-refractivity contribution in [1.82, 2.24) is 5.32 Å². The van der Waals surface area contributed by atoms with Crippen LogP contribution in [0.1, 0.15) is 59.8 Å². The lowest BCUT2D eigenvalue weighted by molar-refractivity contribution is 0.0190. The Kier molecular flexibility index (Phi) is 11.4. The van der Waals surface area contributed by atoms with E-state index in [1.54, 1.807) is 0 Å². The lowest BCUT2D eigenvalue weighted by Gasteiger charge is -2.26. The van der Waals surface area contributed by atoms with E-state index < -0.39 is 11.7 Å². The minimum Gasteiger partial charge on any atom is -0.389 e. The fourth-order valence-electron chi connectivity index (χ4n) is 2.37. The van der Waals surface area contributed by atoms with Gasteiger partial charge in [0.2, 0.25) is 0 Å². The predicted molar refractivity (Wildman–Crippen MR) is 83.9 cm³/mol. The normalized spacial score (nSPS) is 16.4. The van der Waals surface area contributed by atoms with Crippen LogP contribution in [0.15, 0.2) is 0 Å². The number of ether oxygens (including phenoxy) is 1. The molecule has 0 aromatic carbocycles. The van der Waals surface area contributed by atoms with E-state index in [0.29, 0.717) is 25.6 Å². The summed E-state index contributed by atoms with van der Waals surface area (Å²) in [7, 11) is 0. The molecule has 0 aromatic heterocycles. The number of hydrogen-bond donors (Lipinski definition) is 3. The van der Waals surface area contributed by atoms with Gasteiger partial charge in [0.05, 0.1) is 18.3 Å². The fourth-order valence-corrected chi connectivity index (χ4v) is 2.37. The summed E-state index contributed by atoms with van der Waals surface area (Å²) in [4.78, 5) is 0. The first-order valence-electron chi connectivity index (χ1n) is 8.06. The molecule has 4 nitrogen and oxygen atoms in total. The van der Waals surface area contributed by atoms with E-state index in [-0.39, 0.29) is 0 Å². The average Bonchev–Trinajstić information content (AvgIpc) is 2.31. The van der Waals surface area contributed by atoms with Crippen LogP contribution in [0.25, 0.3) is 0 Å². The van der Waals surface area contributed by atoms with Gasteiger partial charge >= 0.3 is 0 Å². The quantitative estimate of drug-likeness (QED) is 0.455. The van der Waals surface area contributed by atoms with E-state index in [1.807, 2.05) is 6.92 Å². The number of rotatable bonds is 13. The van der Waals surface area contributed by atoms with Crippen molar-refractivity contribution in [2.75, 3.05) is 26.3 Å². The first kappa shape index (κ1) is 19.8. The summed E-state index contributed by atoms with van der Waals surface area (Å²) >= 11 is 0. The van der Waals surface area contributed by atoms with Gasteiger partial charge in [-0.25, -0.2) is 0 Å². The molecule has 0 aliphatic rings. The van der Waals surface area contributed by atoms with Crippen molar-refractivity contribution in [3.05, 3.63) is 0 Å². The van der Waals surface area contributed by atoms with Gasteiger partial charge in [-0.3, -0.25) is 0 Å². The topological polar surface area (TPSA) is 61.7 Å². The van der Waals surface area contributed by atoms with Crippen molar-refractivity contribution in [3.8, 4) is 0 Å². The third kappa shape index (κ3) is 12.9. The van der Waals surface area contributed by atoms with Gasteiger partial charge in [0.15, 0.2) is 0 Å². The molecule has 2 atom stereocenters. The number of nitrogens with one attached hydrogen (secondary N) is 1. The molecule has 0 aromatic rings. The molecule has 0 saturated heterocycles. The number of aliphatic hydroxyl groups is 2. The second kappa shape index (κ2) is 11.5. The maximum absolute atomic E-state index is 10.1. The summed E-state index contributed by atoms with van der Waals surface area (Å²) < 4.78 is 5.44. The van der Waals surface area contributed by atoms with Crippen molar-refractivity contribution < 1.29 is 14.9 Å². The third-order valence-electron chi connectivity index (χ3n) is 3.19. The minimum absolute atomic E-state index is 0.367. The van der Waals surface area contributed by atoms with Gasteiger partial charge in [0.25, 0.3) is 0 Å². The Morgan fingerprint density at radius 1 is 1.20 bits per heavy atom. The summed E-state index contributed by atoms with van der Waals surface area (Å²) in [6.07, 6.45) is 4.99. The van der Waals surface area contributed by atoms with Gasteiger partial charge in [-0.15, -0.1) is 0 Å². The zero-order chi connectivity index (χ0) is 15.4. The van der Waals surface area contributed by atoms with E-state index in [0.717, 1.165) is 19.4 Å². The van der Waals surface area contributed by atoms with Crippen LogP contribution < -0.4 is 5.32 Å². The Morgan fingerprint density at radius 3 is 2.50 bits per heavy atom. The first-order chi connectivity index (χ1) is 9.37. The smallest absolute Gasteiger partial charge is 0.0897 e. The van der Waals surface area contributed by atoms with Crippen LogP contribution in [0.5, 0.6) is 0 Å². The van der Waals surface area contributed by atoms with Gasteiger partial charge < -0.3 is 20.3 Å². The largest absolute Gasteiger partial charge is 0.389 e. The van der Waals surface area contributed by atoms with E-state index in [2.05, 4.69) is 26.1 Å². The monoisotopic (exact) mass is 289 g/mol. The summed E-state index contributed by atoms with van der Waals surface area (Å²) in [5, 5.41) is 23.0.